The second-order valence-electron chi connectivity index (χ2n) is 7.75. The predicted molar refractivity (Wildman–Crippen MR) is 117 cm³/mol. The fraction of sp³-hybridized carbons (Fsp3) is 0.476. The Bertz CT molecular complexity index is 949. The average Bonchev–Trinajstić information content (AvgIpc) is 3.47. The van der Waals surface area contributed by atoms with Gasteiger partial charge in [0.25, 0.3) is 5.91 Å². The number of rotatable bonds is 6. The van der Waals surface area contributed by atoms with Gasteiger partial charge in [-0.3, -0.25) is 14.5 Å². The van der Waals surface area contributed by atoms with Crippen molar-refractivity contribution in [2.24, 2.45) is 0 Å². The van der Waals surface area contributed by atoms with Gasteiger partial charge in [-0.1, -0.05) is 23.2 Å². The van der Waals surface area contributed by atoms with E-state index in [0.29, 0.717) is 60.8 Å². The topological polar surface area (TPSA) is 70.5 Å². The highest BCUT2D eigenvalue weighted by molar-refractivity contribution is 6.35. The standard InChI is InChI=1S/C21H25Cl2N5O2/c1-2-24-19(29)13-26-7-9-27(10-8-26)21(30)16-12-25-28(20(16)14-3-4-14)18-6-5-15(22)11-17(18)23/h5-6,11-12,14H,2-4,7-10,13H2,1H3,(H,24,29). The van der Waals surface area contributed by atoms with Crippen LogP contribution in [0.4, 0.5) is 0 Å². The van der Waals surface area contributed by atoms with Crippen LogP contribution >= 0.6 is 23.2 Å². The van der Waals surface area contributed by atoms with Crippen LogP contribution in [0, 0.1) is 0 Å². The Morgan fingerprint density at radius 1 is 1.17 bits per heavy atom. The molecule has 0 unspecified atom stereocenters. The van der Waals surface area contributed by atoms with Gasteiger partial charge >= 0.3 is 0 Å². The van der Waals surface area contributed by atoms with Crippen LogP contribution in [0.1, 0.15) is 41.7 Å². The minimum atomic E-state index is -0.00843. The van der Waals surface area contributed by atoms with E-state index in [1.165, 1.54) is 0 Å². The first-order chi connectivity index (χ1) is 14.5. The summed E-state index contributed by atoms with van der Waals surface area (Å²) in [6.07, 6.45) is 3.73. The van der Waals surface area contributed by atoms with Crippen molar-refractivity contribution < 1.29 is 9.59 Å². The molecule has 0 spiro atoms. The summed E-state index contributed by atoms with van der Waals surface area (Å²) in [5, 5.41) is 8.39. The normalized spacial score (nSPS) is 17.2. The molecule has 1 saturated carbocycles. The quantitative estimate of drug-likeness (QED) is 0.735. The Labute approximate surface area is 185 Å². The lowest BCUT2D eigenvalue weighted by Gasteiger charge is -2.34. The lowest BCUT2D eigenvalue weighted by atomic mass is 10.1. The summed E-state index contributed by atoms with van der Waals surface area (Å²) in [5.74, 6) is 0.331. The Hall–Kier alpha value is -2.09. The van der Waals surface area contributed by atoms with Crippen LogP contribution < -0.4 is 5.32 Å². The predicted octanol–water partition coefficient (Wildman–Crippen LogP) is 2.95. The monoisotopic (exact) mass is 449 g/mol. The zero-order valence-electron chi connectivity index (χ0n) is 16.9. The van der Waals surface area contributed by atoms with Gasteiger partial charge < -0.3 is 10.2 Å². The highest BCUT2D eigenvalue weighted by atomic mass is 35.5. The minimum Gasteiger partial charge on any atom is -0.355 e. The number of hydrogen-bond acceptors (Lipinski definition) is 4. The maximum Gasteiger partial charge on any atom is 0.257 e. The van der Waals surface area contributed by atoms with Crippen molar-refractivity contribution in [1.29, 1.82) is 0 Å². The zero-order valence-corrected chi connectivity index (χ0v) is 18.4. The van der Waals surface area contributed by atoms with E-state index in [1.54, 1.807) is 23.0 Å². The molecule has 2 heterocycles. The summed E-state index contributed by atoms with van der Waals surface area (Å²) in [6, 6.07) is 5.29. The number of hydrogen-bond donors (Lipinski definition) is 1. The molecule has 1 aliphatic carbocycles. The third-order valence-corrected chi connectivity index (χ3v) is 6.08. The van der Waals surface area contributed by atoms with Crippen molar-refractivity contribution in [2.75, 3.05) is 39.3 Å². The summed E-state index contributed by atoms with van der Waals surface area (Å²) >= 11 is 12.4. The van der Waals surface area contributed by atoms with Crippen molar-refractivity contribution in [3.8, 4) is 5.69 Å². The molecule has 1 aromatic carbocycles. The van der Waals surface area contributed by atoms with E-state index in [9.17, 15) is 9.59 Å². The maximum atomic E-state index is 13.3. The van der Waals surface area contributed by atoms with Gasteiger partial charge in [0, 0.05) is 43.7 Å². The van der Waals surface area contributed by atoms with Crippen LogP contribution in [0.5, 0.6) is 0 Å². The Kier molecular flexibility index (Phi) is 6.32. The number of likely N-dealkylation sites (N-methyl/N-ethyl adjacent to an activating group) is 1. The van der Waals surface area contributed by atoms with Crippen LogP contribution in [0.15, 0.2) is 24.4 Å². The lowest BCUT2D eigenvalue weighted by molar-refractivity contribution is -0.122. The van der Waals surface area contributed by atoms with Gasteiger partial charge in [0.05, 0.1) is 34.7 Å². The smallest absolute Gasteiger partial charge is 0.257 e. The van der Waals surface area contributed by atoms with Gasteiger partial charge in [0.1, 0.15) is 0 Å². The summed E-state index contributed by atoms with van der Waals surface area (Å²) in [6.45, 7) is 5.45. The molecule has 7 nitrogen and oxygen atoms in total. The highest BCUT2D eigenvalue weighted by Crippen LogP contribution is 2.43. The van der Waals surface area contributed by atoms with Crippen LogP contribution in [-0.2, 0) is 4.79 Å². The van der Waals surface area contributed by atoms with E-state index in [-0.39, 0.29) is 11.8 Å². The van der Waals surface area contributed by atoms with Gasteiger partial charge in [-0.2, -0.15) is 5.10 Å². The molecule has 1 aromatic heterocycles. The molecular weight excluding hydrogens is 425 g/mol. The summed E-state index contributed by atoms with van der Waals surface area (Å²) in [7, 11) is 0. The highest BCUT2D eigenvalue weighted by Gasteiger charge is 2.35. The van der Waals surface area contributed by atoms with E-state index in [4.69, 9.17) is 23.2 Å². The van der Waals surface area contributed by atoms with Gasteiger partial charge in [-0.25, -0.2) is 4.68 Å². The van der Waals surface area contributed by atoms with Crippen molar-refractivity contribution in [2.45, 2.75) is 25.7 Å². The van der Waals surface area contributed by atoms with E-state index < -0.39 is 0 Å². The Morgan fingerprint density at radius 2 is 1.90 bits per heavy atom. The second-order valence-corrected chi connectivity index (χ2v) is 8.59. The Balaban J connectivity index is 1.50. The molecule has 0 bridgehead atoms. The molecular formula is C21H25Cl2N5O2. The summed E-state index contributed by atoms with van der Waals surface area (Å²) < 4.78 is 1.79. The van der Waals surface area contributed by atoms with Crippen LogP contribution in [0.3, 0.4) is 0 Å². The molecule has 1 saturated heterocycles. The number of halogens is 2. The van der Waals surface area contributed by atoms with E-state index in [2.05, 4.69) is 15.3 Å². The molecule has 2 fully saturated rings. The van der Waals surface area contributed by atoms with Crippen LogP contribution in [0.25, 0.3) is 5.69 Å². The molecule has 160 valence electrons. The maximum absolute atomic E-state index is 13.3. The molecule has 30 heavy (non-hydrogen) atoms. The molecule has 0 atom stereocenters. The SMILES string of the molecule is CCNC(=O)CN1CCN(C(=O)c2cnn(-c3ccc(Cl)cc3Cl)c2C2CC2)CC1. The van der Waals surface area contributed by atoms with Crippen molar-refractivity contribution in [3.63, 3.8) is 0 Å². The first kappa shape index (κ1) is 21.2. The minimum absolute atomic E-state index is 0.00843. The fourth-order valence-corrected chi connectivity index (χ4v) is 4.34. The van der Waals surface area contributed by atoms with E-state index in [1.807, 2.05) is 17.9 Å². The van der Waals surface area contributed by atoms with Gasteiger partial charge in [0.2, 0.25) is 5.91 Å². The number of nitrogens with zero attached hydrogens (tertiary/aromatic N) is 4. The number of nitrogens with one attached hydrogen (secondary N) is 1. The largest absolute Gasteiger partial charge is 0.355 e. The summed E-state index contributed by atoms with van der Waals surface area (Å²) in [4.78, 5) is 29.0. The second kappa shape index (κ2) is 8.96. The molecule has 9 heteroatoms. The average molecular weight is 450 g/mol. The molecule has 2 aromatic rings. The van der Waals surface area contributed by atoms with Crippen molar-refractivity contribution in [3.05, 3.63) is 45.7 Å². The number of aromatic nitrogens is 2. The first-order valence-corrected chi connectivity index (χ1v) is 11.0. The molecule has 2 amide bonds. The van der Waals surface area contributed by atoms with Gasteiger partial charge in [-0.15, -0.1) is 0 Å². The molecule has 2 aliphatic rings. The molecule has 4 rings (SSSR count). The van der Waals surface area contributed by atoms with E-state index in [0.717, 1.165) is 24.2 Å². The first-order valence-electron chi connectivity index (χ1n) is 10.3. The van der Waals surface area contributed by atoms with E-state index >= 15 is 0 Å². The molecule has 1 aliphatic heterocycles. The zero-order chi connectivity index (χ0) is 21.3. The van der Waals surface area contributed by atoms with Crippen LogP contribution in [-0.4, -0.2) is 70.7 Å². The number of carbonyl (C=O) groups excluding carboxylic acids is 2. The molecule has 1 N–H and O–H groups in total. The third-order valence-electron chi connectivity index (χ3n) is 5.54. The fourth-order valence-electron chi connectivity index (χ4n) is 3.85. The summed E-state index contributed by atoms with van der Waals surface area (Å²) in [5.41, 5.74) is 2.29. The number of benzene rings is 1. The van der Waals surface area contributed by atoms with Crippen LogP contribution in [0.2, 0.25) is 10.0 Å². The Morgan fingerprint density at radius 3 is 2.53 bits per heavy atom. The van der Waals surface area contributed by atoms with Crippen molar-refractivity contribution >= 4 is 35.0 Å². The lowest BCUT2D eigenvalue weighted by Crippen LogP contribution is -2.51. The number of piperazine rings is 1. The molecule has 0 radical (unpaired) electrons. The van der Waals surface area contributed by atoms with Crippen molar-refractivity contribution in [1.82, 2.24) is 24.9 Å². The van der Waals surface area contributed by atoms with Gasteiger partial charge in [0.15, 0.2) is 0 Å². The van der Waals surface area contributed by atoms with Gasteiger partial charge in [-0.05, 0) is 38.0 Å². The third kappa shape index (κ3) is 4.48. The number of carbonyl (C=O) groups is 2. The number of amides is 2.